The van der Waals surface area contributed by atoms with Crippen LogP contribution < -0.4 is 15.0 Å². The van der Waals surface area contributed by atoms with E-state index in [0.29, 0.717) is 5.56 Å². The van der Waals surface area contributed by atoms with E-state index >= 15 is 0 Å². The van der Waals surface area contributed by atoms with Crippen LogP contribution in [0.1, 0.15) is 34.5 Å². The second kappa shape index (κ2) is 8.23. The Hall–Kier alpha value is -2.53. The van der Waals surface area contributed by atoms with Gasteiger partial charge in [-0.15, -0.1) is 0 Å². The first-order chi connectivity index (χ1) is 12.6. The standard InChI is InChI=1S/C21H26N2O3/c1-15-14-18(6-9-20(15)25-3)16(2)22-21(24)17-4-7-19(8-5-17)23-10-12-26-13-11-23/h4-9,14,16H,10-13H2,1-3H3,(H,22,24). The number of hydrogen-bond acceptors (Lipinski definition) is 4. The van der Waals surface area contributed by atoms with Crippen molar-refractivity contribution >= 4 is 11.6 Å². The zero-order valence-corrected chi connectivity index (χ0v) is 15.6. The van der Waals surface area contributed by atoms with E-state index < -0.39 is 0 Å². The van der Waals surface area contributed by atoms with Gasteiger partial charge in [0, 0.05) is 24.3 Å². The predicted molar refractivity (Wildman–Crippen MR) is 103 cm³/mol. The number of hydrogen-bond donors (Lipinski definition) is 1. The second-order valence-corrected chi connectivity index (χ2v) is 6.57. The van der Waals surface area contributed by atoms with Gasteiger partial charge in [0.05, 0.1) is 26.4 Å². The summed E-state index contributed by atoms with van der Waals surface area (Å²) in [6, 6.07) is 13.7. The van der Waals surface area contributed by atoms with Crippen LogP contribution in [0.4, 0.5) is 5.69 Å². The third-order valence-electron chi connectivity index (χ3n) is 4.77. The molecule has 1 N–H and O–H groups in total. The molecule has 1 atom stereocenters. The zero-order valence-electron chi connectivity index (χ0n) is 15.6. The summed E-state index contributed by atoms with van der Waals surface area (Å²) in [5.41, 5.74) is 3.91. The van der Waals surface area contributed by atoms with Gasteiger partial charge in [0.15, 0.2) is 0 Å². The maximum atomic E-state index is 12.6. The fourth-order valence-corrected chi connectivity index (χ4v) is 3.18. The Bertz CT molecular complexity index is 752. The Morgan fingerprint density at radius 1 is 1.15 bits per heavy atom. The van der Waals surface area contributed by atoms with Gasteiger partial charge in [-0.2, -0.15) is 0 Å². The molecule has 1 saturated heterocycles. The average Bonchev–Trinajstić information content (AvgIpc) is 2.68. The minimum Gasteiger partial charge on any atom is -0.496 e. The second-order valence-electron chi connectivity index (χ2n) is 6.57. The van der Waals surface area contributed by atoms with Gasteiger partial charge in [-0.25, -0.2) is 0 Å². The number of ether oxygens (including phenoxy) is 2. The van der Waals surface area contributed by atoms with Crippen molar-refractivity contribution in [3.8, 4) is 5.75 Å². The summed E-state index contributed by atoms with van der Waals surface area (Å²) in [7, 11) is 1.66. The molecule has 0 radical (unpaired) electrons. The Kier molecular flexibility index (Phi) is 5.78. The van der Waals surface area contributed by atoms with E-state index in [0.717, 1.165) is 48.9 Å². The first-order valence-corrected chi connectivity index (χ1v) is 8.96. The lowest BCUT2D eigenvalue weighted by Gasteiger charge is -2.28. The van der Waals surface area contributed by atoms with E-state index in [2.05, 4.69) is 10.2 Å². The number of morpholine rings is 1. The lowest BCUT2D eigenvalue weighted by Crippen LogP contribution is -2.36. The maximum Gasteiger partial charge on any atom is 0.251 e. The molecular weight excluding hydrogens is 328 g/mol. The van der Waals surface area contributed by atoms with Crippen molar-refractivity contribution in [2.24, 2.45) is 0 Å². The van der Waals surface area contributed by atoms with Crippen molar-refractivity contribution in [1.82, 2.24) is 5.32 Å². The number of carbonyl (C=O) groups is 1. The molecule has 0 saturated carbocycles. The summed E-state index contributed by atoms with van der Waals surface area (Å²) in [4.78, 5) is 14.8. The number of nitrogens with zero attached hydrogens (tertiary/aromatic N) is 1. The molecule has 138 valence electrons. The van der Waals surface area contributed by atoms with Gasteiger partial charge < -0.3 is 19.7 Å². The number of rotatable bonds is 5. The Morgan fingerprint density at radius 2 is 1.85 bits per heavy atom. The van der Waals surface area contributed by atoms with Crippen LogP contribution in [0, 0.1) is 6.92 Å². The highest BCUT2D eigenvalue weighted by Crippen LogP contribution is 2.23. The van der Waals surface area contributed by atoms with Crippen LogP contribution in [0.15, 0.2) is 42.5 Å². The molecule has 0 aliphatic carbocycles. The third kappa shape index (κ3) is 4.17. The van der Waals surface area contributed by atoms with Crippen LogP contribution in [-0.2, 0) is 4.74 Å². The Labute approximate surface area is 154 Å². The van der Waals surface area contributed by atoms with Crippen molar-refractivity contribution in [2.45, 2.75) is 19.9 Å². The van der Waals surface area contributed by atoms with Gasteiger partial charge in [0.25, 0.3) is 5.91 Å². The summed E-state index contributed by atoms with van der Waals surface area (Å²) in [6.45, 7) is 7.27. The van der Waals surface area contributed by atoms with Crippen molar-refractivity contribution in [2.75, 3.05) is 38.3 Å². The highest BCUT2D eigenvalue weighted by molar-refractivity contribution is 5.94. The minimum absolute atomic E-state index is 0.0699. The Morgan fingerprint density at radius 3 is 2.46 bits per heavy atom. The molecule has 1 unspecified atom stereocenters. The smallest absolute Gasteiger partial charge is 0.251 e. The molecule has 1 amide bonds. The summed E-state index contributed by atoms with van der Waals surface area (Å²) in [5.74, 6) is 0.783. The normalized spacial score (nSPS) is 15.4. The van der Waals surface area contributed by atoms with Gasteiger partial charge >= 0.3 is 0 Å². The number of benzene rings is 2. The van der Waals surface area contributed by atoms with Gasteiger partial charge in [0.2, 0.25) is 0 Å². The number of amides is 1. The lowest BCUT2D eigenvalue weighted by atomic mass is 10.0. The number of aryl methyl sites for hydroxylation is 1. The zero-order chi connectivity index (χ0) is 18.5. The van der Waals surface area contributed by atoms with Crippen LogP contribution in [0.25, 0.3) is 0 Å². The van der Waals surface area contributed by atoms with Gasteiger partial charge in [0.1, 0.15) is 5.75 Å². The molecule has 2 aromatic carbocycles. The summed E-state index contributed by atoms with van der Waals surface area (Å²) < 4.78 is 10.7. The number of anilines is 1. The van der Waals surface area contributed by atoms with E-state index in [4.69, 9.17) is 9.47 Å². The summed E-state index contributed by atoms with van der Waals surface area (Å²) in [6.07, 6.45) is 0. The molecule has 1 aliphatic heterocycles. The van der Waals surface area contributed by atoms with E-state index in [-0.39, 0.29) is 11.9 Å². The molecule has 2 aromatic rings. The van der Waals surface area contributed by atoms with E-state index in [1.54, 1.807) is 7.11 Å². The summed E-state index contributed by atoms with van der Waals surface area (Å²) in [5, 5.41) is 3.06. The highest BCUT2D eigenvalue weighted by Gasteiger charge is 2.14. The van der Waals surface area contributed by atoms with E-state index in [1.165, 1.54) is 0 Å². The van der Waals surface area contributed by atoms with Gasteiger partial charge in [-0.3, -0.25) is 4.79 Å². The molecule has 5 nitrogen and oxygen atoms in total. The fraction of sp³-hybridized carbons (Fsp3) is 0.381. The minimum atomic E-state index is -0.0778. The van der Waals surface area contributed by atoms with Crippen LogP contribution in [0.5, 0.6) is 5.75 Å². The lowest BCUT2D eigenvalue weighted by molar-refractivity contribution is 0.0940. The highest BCUT2D eigenvalue weighted by atomic mass is 16.5. The predicted octanol–water partition coefficient (Wildman–Crippen LogP) is 3.33. The SMILES string of the molecule is COc1ccc(C(C)NC(=O)c2ccc(N3CCOCC3)cc2)cc1C. The monoisotopic (exact) mass is 354 g/mol. The number of carbonyl (C=O) groups excluding carboxylic acids is 1. The van der Waals surface area contributed by atoms with Crippen molar-refractivity contribution in [3.63, 3.8) is 0 Å². The molecule has 0 spiro atoms. The first-order valence-electron chi connectivity index (χ1n) is 8.96. The fourth-order valence-electron chi connectivity index (χ4n) is 3.18. The first kappa shape index (κ1) is 18.3. The molecule has 0 bridgehead atoms. The molecule has 3 rings (SSSR count). The molecule has 1 heterocycles. The van der Waals surface area contributed by atoms with Crippen LogP contribution in [0.2, 0.25) is 0 Å². The van der Waals surface area contributed by atoms with Crippen molar-refractivity contribution < 1.29 is 14.3 Å². The van der Waals surface area contributed by atoms with Gasteiger partial charge in [-0.1, -0.05) is 12.1 Å². The third-order valence-corrected chi connectivity index (χ3v) is 4.77. The molecule has 1 aliphatic rings. The van der Waals surface area contributed by atoms with E-state index in [9.17, 15) is 4.79 Å². The van der Waals surface area contributed by atoms with Crippen LogP contribution >= 0.6 is 0 Å². The molecular formula is C21H26N2O3. The summed E-state index contributed by atoms with van der Waals surface area (Å²) >= 11 is 0. The largest absolute Gasteiger partial charge is 0.496 e. The van der Waals surface area contributed by atoms with Crippen LogP contribution in [-0.4, -0.2) is 39.3 Å². The van der Waals surface area contributed by atoms with Crippen molar-refractivity contribution in [1.29, 1.82) is 0 Å². The number of methoxy groups -OCH3 is 1. The molecule has 1 fully saturated rings. The van der Waals surface area contributed by atoms with Crippen LogP contribution in [0.3, 0.4) is 0 Å². The average molecular weight is 354 g/mol. The maximum absolute atomic E-state index is 12.6. The number of nitrogens with one attached hydrogen (secondary N) is 1. The quantitative estimate of drug-likeness (QED) is 0.895. The molecule has 26 heavy (non-hydrogen) atoms. The van der Waals surface area contributed by atoms with E-state index in [1.807, 2.05) is 56.3 Å². The van der Waals surface area contributed by atoms with Crippen molar-refractivity contribution in [3.05, 3.63) is 59.2 Å². The Balaban J connectivity index is 1.64. The topological polar surface area (TPSA) is 50.8 Å². The van der Waals surface area contributed by atoms with Gasteiger partial charge in [-0.05, 0) is 55.3 Å². The molecule has 5 heteroatoms. The molecule has 0 aromatic heterocycles.